The third-order valence-electron chi connectivity index (χ3n) is 4.61. The number of carbonyl (C=O) groups excluding carboxylic acids is 1. The Hall–Kier alpha value is -3.55. The second-order valence-electron chi connectivity index (χ2n) is 6.45. The summed E-state index contributed by atoms with van der Waals surface area (Å²) in [5.41, 5.74) is 1.14. The summed E-state index contributed by atoms with van der Waals surface area (Å²) in [4.78, 5) is 25.1. The van der Waals surface area contributed by atoms with Crippen molar-refractivity contribution in [3.63, 3.8) is 0 Å². The molecular weight excluding hydrogens is 366 g/mol. The van der Waals surface area contributed by atoms with Gasteiger partial charge >= 0.3 is 0 Å². The smallest absolute Gasteiger partial charge is 0.262 e. The third kappa shape index (κ3) is 3.13. The van der Waals surface area contributed by atoms with Crippen LogP contribution in [-0.4, -0.2) is 20.3 Å². The number of rotatable bonds is 4. The van der Waals surface area contributed by atoms with E-state index < -0.39 is 11.6 Å². The van der Waals surface area contributed by atoms with Gasteiger partial charge in [0.1, 0.15) is 11.6 Å². The quantitative estimate of drug-likeness (QED) is 0.589. The molecule has 28 heavy (non-hydrogen) atoms. The highest BCUT2D eigenvalue weighted by Gasteiger charge is 2.15. The summed E-state index contributed by atoms with van der Waals surface area (Å²) in [5.74, 6) is -1.21. The van der Waals surface area contributed by atoms with Crippen molar-refractivity contribution in [2.75, 3.05) is 5.32 Å². The molecule has 4 rings (SSSR count). The van der Waals surface area contributed by atoms with Crippen LogP contribution in [0.3, 0.4) is 0 Å². The molecule has 0 aliphatic rings. The number of carbonyl (C=O) groups is 1. The summed E-state index contributed by atoms with van der Waals surface area (Å²) in [6.07, 6.45) is 1.46. The Bertz CT molecular complexity index is 1260. The Morgan fingerprint density at radius 2 is 1.79 bits per heavy atom. The molecule has 142 valence electrons. The number of halogens is 2. The van der Waals surface area contributed by atoms with E-state index in [0.717, 1.165) is 0 Å². The SMILES string of the molecule is Cn1ncc2c(=O)n(CCC(=O)Nc3ccc(F)cc3)c3cc(F)ccc3c21. The average Bonchev–Trinajstić information content (AvgIpc) is 3.05. The molecule has 2 aromatic heterocycles. The fourth-order valence-electron chi connectivity index (χ4n) is 3.29. The highest BCUT2D eigenvalue weighted by molar-refractivity contribution is 6.03. The summed E-state index contributed by atoms with van der Waals surface area (Å²) in [6, 6.07) is 9.59. The summed E-state index contributed by atoms with van der Waals surface area (Å²) in [6.45, 7) is 0.0661. The van der Waals surface area contributed by atoms with E-state index in [0.29, 0.717) is 27.5 Å². The van der Waals surface area contributed by atoms with Crippen LogP contribution in [0.1, 0.15) is 6.42 Å². The highest BCUT2D eigenvalue weighted by atomic mass is 19.1. The number of anilines is 1. The fraction of sp³-hybridized carbons (Fsp3) is 0.150. The lowest BCUT2D eigenvalue weighted by atomic mass is 10.1. The largest absolute Gasteiger partial charge is 0.326 e. The first-order valence-electron chi connectivity index (χ1n) is 8.63. The van der Waals surface area contributed by atoms with Crippen LogP contribution in [0.25, 0.3) is 21.8 Å². The Morgan fingerprint density at radius 3 is 2.54 bits per heavy atom. The van der Waals surface area contributed by atoms with Crippen LogP contribution in [-0.2, 0) is 18.4 Å². The number of fused-ring (bicyclic) bond motifs is 3. The second-order valence-corrected chi connectivity index (χ2v) is 6.45. The van der Waals surface area contributed by atoms with Crippen molar-refractivity contribution in [1.82, 2.24) is 14.3 Å². The summed E-state index contributed by atoms with van der Waals surface area (Å²) < 4.78 is 29.8. The monoisotopic (exact) mass is 382 g/mol. The molecule has 0 saturated heterocycles. The van der Waals surface area contributed by atoms with E-state index in [1.807, 2.05) is 0 Å². The molecule has 0 aliphatic heterocycles. The molecule has 0 saturated carbocycles. The number of hydrogen-bond acceptors (Lipinski definition) is 3. The van der Waals surface area contributed by atoms with Crippen LogP contribution in [0, 0.1) is 11.6 Å². The van der Waals surface area contributed by atoms with E-state index in [-0.39, 0.29) is 24.4 Å². The van der Waals surface area contributed by atoms with E-state index in [1.54, 1.807) is 17.8 Å². The van der Waals surface area contributed by atoms with Crippen molar-refractivity contribution in [1.29, 1.82) is 0 Å². The molecule has 1 N–H and O–H groups in total. The Morgan fingerprint density at radius 1 is 1.07 bits per heavy atom. The number of hydrogen-bond donors (Lipinski definition) is 1. The standard InChI is InChI=1S/C20H16F2N4O2/c1-25-19-15-7-4-13(22)10-17(15)26(20(28)16(19)11-23-25)9-8-18(27)24-14-5-2-12(21)3-6-14/h2-7,10-11H,8-9H2,1H3,(H,24,27). The summed E-state index contributed by atoms with van der Waals surface area (Å²) >= 11 is 0. The molecule has 0 fully saturated rings. The van der Waals surface area contributed by atoms with Crippen molar-refractivity contribution in [3.8, 4) is 0 Å². The topological polar surface area (TPSA) is 68.9 Å². The normalized spacial score (nSPS) is 11.2. The molecule has 0 atom stereocenters. The molecule has 0 spiro atoms. The minimum Gasteiger partial charge on any atom is -0.326 e. The van der Waals surface area contributed by atoms with Gasteiger partial charge in [-0.25, -0.2) is 8.78 Å². The lowest BCUT2D eigenvalue weighted by Crippen LogP contribution is -2.24. The van der Waals surface area contributed by atoms with Gasteiger partial charge in [-0.2, -0.15) is 5.10 Å². The van der Waals surface area contributed by atoms with Crippen LogP contribution < -0.4 is 10.9 Å². The van der Waals surface area contributed by atoms with Gasteiger partial charge in [0, 0.05) is 31.1 Å². The van der Waals surface area contributed by atoms with Gasteiger partial charge in [-0.05, 0) is 42.5 Å². The van der Waals surface area contributed by atoms with Gasteiger partial charge in [0.15, 0.2) is 0 Å². The molecule has 0 bridgehead atoms. The van der Waals surface area contributed by atoms with Crippen molar-refractivity contribution >= 4 is 33.4 Å². The maximum Gasteiger partial charge on any atom is 0.262 e. The van der Waals surface area contributed by atoms with Gasteiger partial charge in [-0.3, -0.25) is 14.3 Å². The molecule has 0 radical (unpaired) electrons. The van der Waals surface area contributed by atoms with Crippen LogP contribution in [0.2, 0.25) is 0 Å². The minimum absolute atomic E-state index is 0.00529. The maximum absolute atomic E-state index is 13.8. The Labute approximate surface area is 158 Å². The van der Waals surface area contributed by atoms with Crippen molar-refractivity contribution in [2.45, 2.75) is 13.0 Å². The molecule has 0 aliphatic carbocycles. The number of pyridine rings is 1. The van der Waals surface area contributed by atoms with Gasteiger partial charge < -0.3 is 9.88 Å². The van der Waals surface area contributed by atoms with Gasteiger partial charge in [0.25, 0.3) is 5.56 Å². The average molecular weight is 382 g/mol. The first kappa shape index (κ1) is 17.8. The number of amides is 1. The number of nitrogens with one attached hydrogen (secondary N) is 1. The van der Waals surface area contributed by atoms with Crippen molar-refractivity contribution in [3.05, 3.63) is 70.6 Å². The van der Waals surface area contributed by atoms with Gasteiger partial charge in [-0.1, -0.05) is 0 Å². The van der Waals surface area contributed by atoms with Gasteiger partial charge in [0.05, 0.1) is 22.6 Å². The molecule has 2 heterocycles. The lowest BCUT2D eigenvalue weighted by molar-refractivity contribution is -0.116. The van der Waals surface area contributed by atoms with Crippen LogP contribution >= 0.6 is 0 Å². The van der Waals surface area contributed by atoms with E-state index in [4.69, 9.17) is 0 Å². The van der Waals surface area contributed by atoms with E-state index in [2.05, 4.69) is 10.4 Å². The number of benzene rings is 2. The molecule has 4 aromatic rings. The zero-order chi connectivity index (χ0) is 19.8. The first-order valence-corrected chi connectivity index (χ1v) is 8.63. The fourth-order valence-corrected chi connectivity index (χ4v) is 3.29. The van der Waals surface area contributed by atoms with Crippen molar-refractivity contribution in [2.24, 2.45) is 7.05 Å². The molecule has 2 aromatic carbocycles. The molecule has 0 unspecified atom stereocenters. The van der Waals surface area contributed by atoms with Crippen LogP contribution in [0.15, 0.2) is 53.5 Å². The third-order valence-corrected chi connectivity index (χ3v) is 4.61. The summed E-state index contributed by atoms with van der Waals surface area (Å²) in [7, 11) is 1.71. The zero-order valence-electron chi connectivity index (χ0n) is 14.9. The lowest BCUT2D eigenvalue weighted by Gasteiger charge is -2.12. The van der Waals surface area contributed by atoms with Crippen LogP contribution in [0.5, 0.6) is 0 Å². The number of nitrogens with zero attached hydrogens (tertiary/aromatic N) is 3. The molecule has 6 nitrogen and oxygen atoms in total. The van der Waals surface area contributed by atoms with Gasteiger partial charge in [0.2, 0.25) is 5.91 Å². The van der Waals surface area contributed by atoms with Gasteiger partial charge in [-0.15, -0.1) is 0 Å². The molecular formula is C20H16F2N4O2. The van der Waals surface area contributed by atoms with E-state index in [9.17, 15) is 18.4 Å². The maximum atomic E-state index is 13.8. The Kier molecular flexibility index (Phi) is 4.38. The number of aryl methyl sites for hydroxylation is 2. The molecule has 8 heteroatoms. The first-order chi connectivity index (χ1) is 13.4. The van der Waals surface area contributed by atoms with Crippen LogP contribution in [0.4, 0.5) is 14.5 Å². The van der Waals surface area contributed by atoms with E-state index >= 15 is 0 Å². The zero-order valence-corrected chi connectivity index (χ0v) is 14.9. The number of aromatic nitrogens is 3. The molecule has 1 amide bonds. The summed E-state index contributed by atoms with van der Waals surface area (Å²) in [5, 5.41) is 7.86. The van der Waals surface area contributed by atoms with Crippen molar-refractivity contribution < 1.29 is 13.6 Å². The minimum atomic E-state index is -0.474. The predicted octanol–water partition coefficient (Wildman–Crippen LogP) is 3.20. The van der Waals surface area contributed by atoms with E-state index in [1.165, 1.54) is 47.2 Å². The second kappa shape index (κ2) is 6.88. The predicted molar refractivity (Wildman–Crippen MR) is 102 cm³/mol. The Balaban J connectivity index is 1.68. The highest BCUT2D eigenvalue weighted by Crippen LogP contribution is 2.23.